The summed E-state index contributed by atoms with van der Waals surface area (Å²) < 4.78 is 10.8. The Balaban J connectivity index is 1.88. The van der Waals surface area contributed by atoms with Crippen LogP contribution in [0.25, 0.3) is 0 Å². The molecule has 0 aliphatic heterocycles. The van der Waals surface area contributed by atoms with E-state index in [4.69, 9.17) is 14.3 Å². The molecule has 1 aromatic heterocycles. The zero-order chi connectivity index (χ0) is 14.0. The van der Waals surface area contributed by atoms with E-state index in [1.165, 1.54) is 5.56 Å². The molecule has 0 aliphatic carbocycles. The van der Waals surface area contributed by atoms with Gasteiger partial charge in [-0.15, -0.1) is 0 Å². The highest BCUT2D eigenvalue weighted by atomic mass is 16.5. The Bertz CT molecular complexity index is 456. The fraction of sp³-hybridized carbons (Fsp3) is 0.375. The van der Waals surface area contributed by atoms with E-state index in [1.54, 1.807) is 6.26 Å². The van der Waals surface area contributed by atoms with Crippen LogP contribution in [0.3, 0.4) is 0 Å². The highest BCUT2D eigenvalue weighted by Gasteiger charge is 2.15. The summed E-state index contributed by atoms with van der Waals surface area (Å²) in [5.41, 5.74) is 1.18. The smallest absolute Gasteiger partial charge is 0.125 e. The number of hydrogen-bond acceptors (Lipinski definition) is 4. The molecule has 0 spiro atoms. The van der Waals surface area contributed by atoms with Crippen LogP contribution in [0.2, 0.25) is 0 Å². The van der Waals surface area contributed by atoms with Gasteiger partial charge in [0.15, 0.2) is 0 Å². The number of nitrogens with one attached hydrogen (secondary N) is 1. The van der Waals surface area contributed by atoms with Crippen molar-refractivity contribution in [2.24, 2.45) is 0 Å². The molecule has 0 radical (unpaired) electrons. The van der Waals surface area contributed by atoms with Crippen LogP contribution in [0, 0.1) is 0 Å². The molecule has 20 heavy (non-hydrogen) atoms. The highest BCUT2D eigenvalue weighted by Crippen LogP contribution is 2.22. The second-order valence-electron chi connectivity index (χ2n) is 4.50. The molecule has 0 amide bonds. The van der Waals surface area contributed by atoms with Crippen LogP contribution in [0.1, 0.15) is 23.8 Å². The molecule has 0 saturated heterocycles. The quantitative estimate of drug-likeness (QED) is 0.690. The van der Waals surface area contributed by atoms with Gasteiger partial charge in [0.05, 0.1) is 25.5 Å². The molecule has 108 valence electrons. The first-order chi connectivity index (χ1) is 9.92. The molecule has 2 aromatic rings. The Kier molecular flexibility index (Phi) is 6.31. The van der Waals surface area contributed by atoms with E-state index in [0.29, 0.717) is 13.2 Å². The van der Waals surface area contributed by atoms with Crippen molar-refractivity contribution in [3.05, 3.63) is 60.1 Å². The summed E-state index contributed by atoms with van der Waals surface area (Å²) in [6.07, 6.45) is 2.58. The topological polar surface area (TPSA) is 54.6 Å². The van der Waals surface area contributed by atoms with Crippen molar-refractivity contribution in [1.82, 2.24) is 5.32 Å². The van der Waals surface area contributed by atoms with E-state index in [-0.39, 0.29) is 12.6 Å². The summed E-state index contributed by atoms with van der Waals surface area (Å²) >= 11 is 0. The van der Waals surface area contributed by atoms with Crippen LogP contribution in [-0.4, -0.2) is 31.5 Å². The van der Waals surface area contributed by atoms with Crippen molar-refractivity contribution in [2.75, 3.05) is 26.4 Å². The monoisotopic (exact) mass is 275 g/mol. The second-order valence-corrected chi connectivity index (χ2v) is 4.50. The number of aliphatic hydroxyl groups is 1. The van der Waals surface area contributed by atoms with Crippen LogP contribution >= 0.6 is 0 Å². The molecule has 0 aliphatic rings. The summed E-state index contributed by atoms with van der Waals surface area (Å²) in [5, 5.41) is 12.1. The van der Waals surface area contributed by atoms with Crippen LogP contribution in [0.15, 0.2) is 53.1 Å². The third-order valence-corrected chi connectivity index (χ3v) is 3.01. The summed E-state index contributed by atoms with van der Waals surface area (Å²) in [7, 11) is 0. The van der Waals surface area contributed by atoms with Crippen molar-refractivity contribution in [3.63, 3.8) is 0 Å². The molecule has 4 heteroatoms. The van der Waals surface area contributed by atoms with E-state index >= 15 is 0 Å². The molecule has 0 fully saturated rings. The first-order valence-corrected chi connectivity index (χ1v) is 6.92. The van der Waals surface area contributed by atoms with Gasteiger partial charge in [-0.2, -0.15) is 0 Å². The van der Waals surface area contributed by atoms with Crippen molar-refractivity contribution >= 4 is 0 Å². The number of furan rings is 1. The van der Waals surface area contributed by atoms with E-state index in [9.17, 15) is 0 Å². The molecule has 1 aromatic carbocycles. The van der Waals surface area contributed by atoms with Gasteiger partial charge in [0.25, 0.3) is 0 Å². The minimum atomic E-state index is 0.0593. The van der Waals surface area contributed by atoms with E-state index in [2.05, 4.69) is 17.4 Å². The minimum absolute atomic E-state index is 0.0593. The van der Waals surface area contributed by atoms with Gasteiger partial charge >= 0.3 is 0 Å². The molecule has 2 rings (SSSR count). The molecule has 1 heterocycles. The van der Waals surface area contributed by atoms with Crippen LogP contribution in [0.4, 0.5) is 0 Å². The van der Waals surface area contributed by atoms with Crippen molar-refractivity contribution in [3.8, 4) is 0 Å². The predicted molar refractivity (Wildman–Crippen MR) is 77.5 cm³/mol. The number of benzene rings is 1. The lowest BCUT2D eigenvalue weighted by molar-refractivity contribution is 0.0904. The van der Waals surface area contributed by atoms with Gasteiger partial charge in [0.1, 0.15) is 5.76 Å². The molecule has 1 atom stereocenters. The van der Waals surface area contributed by atoms with Crippen LogP contribution in [0.5, 0.6) is 0 Å². The summed E-state index contributed by atoms with van der Waals surface area (Å²) in [6, 6.07) is 14.2. The fourth-order valence-electron chi connectivity index (χ4n) is 2.07. The van der Waals surface area contributed by atoms with E-state index in [1.807, 2.05) is 30.3 Å². The summed E-state index contributed by atoms with van der Waals surface area (Å²) in [6.45, 7) is 1.95. The third kappa shape index (κ3) is 4.49. The van der Waals surface area contributed by atoms with Crippen molar-refractivity contribution < 1.29 is 14.3 Å². The largest absolute Gasteiger partial charge is 0.467 e. The molecule has 4 nitrogen and oxygen atoms in total. The van der Waals surface area contributed by atoms with Crippen LogP contribution in [-0.2, 0) is 4.74 Å². The molecular weight excluding hydrogens is 254 g/mol. The van der Waals surface area contributed by atoms with E-state index in [0.717, 1.165) is 18.7 Å². The summed E-state index contributed by atoms with van der Waals surface area (Å²) in [5.74, 6) is 0.910. The maximum Gasteiger partial charge on any atom is 0.125 e. The predicted octanol–water partition coefficient (Wildman–Crippen LogP) is 2.36. The zero-order valence-electron chi connectivity index (χ0n) is 11.5. The number of ether oxygens (including phenoxy) is 1. The van der Waals surface area contributed by atoms with Gasteiger partial charge in [0.2, 0.25) is 0 Å². The minimum Gasteiger partial charge on any atom is -0.467 e. The molecule has 0 bridgehead atoms. The lowest BCUT2D eigenvalue weighted by atomic mass is 10.0. The number of rotatable bonds is 9. The number of aliphatic hydroxyl groups excluding tert-OH is 1. The Morgan fingerprint density at radius 1 is 1.10 bits per heavy atom. The Hall–Kier alpha value is -1.62. The molecule has 0 saturated carbocycles. The van der Waals surface area contributed by atoms with Crippen molar-refractivity contribution in [1.29, 1.82) is 0 Å². The first-order valence-electron chi connectivity index (χ1n) is 6.92. The maximum absolute atomic E-state index is 8.63. The van der Waals surface area contributed by atoms with Gasteiger partial charge in [-0.25, -0.2) is 0 Å². The fourth-order valence-corrected chi connectivity index (χ4v) is 2.07. The Labute approximate surface area is 119 Å². The van der Waals surface area contributed by atoms with E-state index < -0.39 is 0 Å². The Morgan fingerprint density at radius 3 is 2.65 bits per heavy atom. The zero-order valence-corrected chi connectivity index (χ0v) is 11.5. The summed E-state index contributed by atoms with van der Waals surface area (Å²) in [4.78, 5) is 0. The molecule has 1 unspecified atom stereocenters. The first kappa shape index (κ1) is 14.8. The van der Waals surface area contributed by atoms with Crippen molar-refractivity contribution in [2.45, 2.75) is 12.5 Å². The molecule has 2 N–H and O–H groups in total. The number of hydrogen-bond donors (Lipinski definition) is 2. The Morgan fingerprint density at radius 2 is 1.95 bits per heavy atom. The highest BCUT2D eigenvalue weighted by molar-refractivity contribution is 5.26. The average molecular weight is 275 g/mol. The van der Waals surface area contributed by atoms with Gasteiger partial charge in [-0.1, -0.05) is 30.3 Å². The van der Waals surface area contributed by atoms with Gasteiger partial charge in [-0.05, 0) is 30.7 Å². The van der Waals surface area contributed by atoms with Gasteiger partial charge in [0, 0.05) is 6.61 Å². The average Bonchev–Trinajstić information content (AvgIpc) is 3.01. The van der Waals surface area contributed by atoms with Crippen LogP contribution < -0.4 is 5.32 Å². The lowest BCUT2D eigenvalue weighted by Gasteiger charge is -2.17. The normalized spacial score (nSPS) is 12.4. The van der Waals surface area contributed by atoms with Gasteiger partial charge < -0.3 is 19.6 Å². The SMILES string of the molecule is OCCOCCCNC(c1ccccc1)c1ccco1. The standard InChI is InChI=1S/C16H21NO3/c18-10-13-19-11-5-9-17-16(15-8-4-12-20-15)14-6-2-1-3-7-14/h1-4,6-8,12,16-18H,5,9-11,13H2. The molecular formula is C16H21NO3. The second kappa shape index (κ2) is 8.53. The maximum atomic E-state index is 8.63. The third-order valence-electron chi connectivity index (χ3n) is 3.01. The van der Waals surface area contributed by atoms with Gasteiger partial charge in [-0.3, -0.25) is 0 Å². The lowest BCUT2D eigenvalue weighted by Crippen LogP contribution is -2.24.